The van der Waals surface area contributed by atoms with Crippen molar-refractivity contribution < 1.29 is 19.4 Å². The van der Waals surface area contributed by atoms with Gasteiger partial charge in [0.15, 0.2) is 0 Å². The lowest BCUT2D eigenvalue weighted by Gasteiger charge is -2.17. The van der Waals surface area contributed by atoms with E-state index in [9.17, 15) is 14.7 Å². The molecule has 1 aromatic carbocycles. The third-order valence-electron chi connectivity index (χ3n) is 6.25. The van der Waals surface area contributed by atoms with E-state index < -0.39 is 17.9 Å². The summed E-state index contributed by atoms with van der Waals surface area (Å²) in [6.45, 7) is 2.07. The van der Waals surface area contributed by atoms with E-state index in [0.29, 0.717) is 31.6 Å². The number of hydrogen-bond acceptors (Lipinski definition) is 6. The van der Waals surface area contributed by atoms with Gasteiger partial charge in [-0.1, -0.05) is 18.2 Å². The van der Waals surface area contributed by atoms with Gasteiger partial charge in [-0.05, 0) is 61.4 Å². The third-order valence-corrected chi connectivity index (χ3v) is 6.25. The van der Waals surface area contributed by atoms with Crippen LogP contribution in [0.3, 0.4) is 0 Å². The standard InChI is InChI=1S/C27H33N5O4/c1-32-18-22(17-29-32)20-6-4-7-21(16-20)26(33)31-24(27(34)35)9-2-3-14-36-15-12-23-11-10-19-8-5-13-28-25(19)30-23/h4,6-7,10-11,16-18,24H,2-3,5,8-9,12-15H2,1H3,(H,28,30)(H,31,33)(H,34,35)/t24-/m0/s1. The zero-order valence-electron chi connectivity index (χ0n) is 20.6. The van der Waals surface area contributed by atoms with Crippen LogP contribution in [0.15, 0.2) is 48.8 Å². The largest absolute Gasteiger partial charge is 0.480 e. The molecule has 0 fully saturated rings. The Kier molecular flexibility index (Phi) is 8.67. The van der Waals surface area contributed by atoms with Crippen molar-refractivity contribution in [2.24, 2.45) is 7.05 Å². The molecule has 1 atom stereocenters. The number of anilines is 1. The van der Waals surface area contributed by atoms with Crippen LogP contribution >= 0.6 is 0 Å². The minimum absolute atomic E-state index is 0.338. The van der Waals surface area contributed by atoms with E-state index in [1.54, 1.807) is 29.1 Å². The van der Waals surface area contributed by atoms with Gasteiger partial charge in [0.1, 0.15) is 11.9 Å². The van der Waals surface area contributed by atoms with Gasteiger partial charge in [0.2, 0.25) is 0 Å². The van der Waals surface area contributed by atoms with Crippen LogP contribution in [0.25, 0.3) is 11.1 Å². The predicted octanol–water partition coefficient (Wildman–Crippen LogP) is 3.45. The van der Waals surface area contributed by atoms with Crippen molar-refractivity contribution in [1.29, 1.82) is 0 Å². The summed E-state index contributed by atoms with van der Waals surface area (Å²) in [6, 6.07) is 10.3. The summed E-state index contributed by atoms with van der Waals surface area (Å²) in [5.74, 6) is -0.458. The zero-order chi connectivity index (χ0) is 25.3. The van der Waals surface area contributed by atoms with Crippen molar-refractivity contribution in [3.63, 3.8) is 0 Å². The number of ether oxygens (including phenoxy) is 1. The number of carboxylic acids is 1. The average Bonchev–Trinajstić information content (AvgIpc) is 3.33. The first kappa shape index (κ1) is 25.4. The number of pyridine rings is 1. The van der Waals surface area contributed by atoms with E-state index in [1.807, 2.05) is 19.3 Å². The lowest BCUT2D eigenvalue weighted by molar-refractivity contribution is -0.139. The number of carbonyl (C=O) groups excluding carboxylic acids is 1. The first-order chi connectivity index (χ1) is 17.5. The Morgan fingerprint density at radius 2 is 2.08 bits per heavy atom. The molecule has 9 nitrogen and oxygen atoms in total. The predicted molar refractivity (Wildman–Crippen MR) is 137 cm³/mol. The highest BCUT2D eigenvalue weighted by Crippen LogP contribution is 2.21. The summed E-state index contributed by atoms with van der Waals surface area (Å²) in [4.78, 5) is 29.1. The zero-order valence-corrected chi connectivity index (χ0v) is 20.6. The second-order valence-electron chi connectivity index (χ2n) is 9.05. The monoisotopic (exact) mass is 491 g/mol. The van der Waals surface area contributed by atoms with Crippen molar-refractivity contribution in [2.75, 3.05) is 25.1 Å². The van der Waals surface area contributed by atoms with E-state index in [-0.39, 0.29) is 0 Å². The van der Waals surface area contributed by atoms with Crippen molar-refractivity contribution in [3.8, 4) is 11.1 Å². The Balaban J connectivity index is 1.18. The molecule has 9 heteroatoms. The quantitative estimate of drug-likeness (QED) is 0.332. The van der Waals surface area contributed by atoms with Crippen molar-refractivity contribution in [3.05, 3.63) is 65.6 Å². The van der Waals surface area contributed by atoms with Gasteiger partial charge >= 0.3 is 5.97 Å². The number of aryl methyl sites for hydroxylation is 2. The van der Waals surface area contributed by atoms with Gasteiger partial charge in [-0.3, -0.25) is 9.48 Å². The molecule has 3 heterocycles. The summed E-state index contributed by atoms with van der Waals surface area (Å²) in [5, 5.41) is 19.7. The topological polar surface area (TPSA) is 118 Å². The highest BCUT2D eigenvalue weighted by Gasteiger charge is 2.20. The fourth-order valence-corrected chi connectivity index (χ4v) is 4.25. The Labute approximate surface area is 210 Å². The van der Waals surface area contributed by atoms with Gasteiger partial charge in [-0.2, -0.15) is 5.10 Å². The third kappa shape index (κ3) is 6.91. The number of hydrogen-bond donors (Lipinski definition) is 3. The number of rotatable bonds is 12. The van der Waals surface area contributed by atoms with Crippen LogP contribution in [0.2, 0.25) is 0 Å². The number of unbranched alkanes of at least 4 members (excludes halogenated alkanes) is 1. The van der Waals surface area contributed by atoms with E-state index >= 15 is 0 Å². The maximum absolute atomic E-state index is 12.7. The second-order valence-corrected chi connectivity index (χ2v) is 9.05. The normalized spacial score (nSPS) is 13.5. The number of fused-ring (bicyclic) bond motifs is 1. The fraction of sp³-hybridized carbons (Fsp3) is 0.407. The van der Waals surface area contributed by atoms with Crippen molar-refractivity contribution in [1.82, 2.24) is 20.1 Å². The Bertz CT molecular complexity index is 1190. The summed E-state index contributed by atoms with van der Waals surface area (Å²) in [7, 11) is 1.83. The van der Waals surface area contributed by atoms with Gasteiger partial charge in [-0.15, -0.1) is 0 Å². The lowest BCUT2D eigenvalue weighted by Crippen LogP contribution is -2.40. The van der Waals surface area contributed by atoms with Crippen molar-refractivity contribution in [2.45, 2.75) is 44.6 Å². The van der Waals surface area contributed by atoms with Crippen LogP contribution in [0.4, 0.5) is 5.82 Å². The van der Waals surface area contributed by atoms with Crippen molar-refractivity contribution >= 4 is 17.7 Å². The first-order valence-corrected chi connectivity index (χ1v) is 12.4. The van der Waals surface area contributed by atoms with E-state index in [2.05, 4.69) is 32.8 Å². The van der Waals surface area contributed by atoms with Crippen LogP contribution in [0.5, 0.6) is 0 Å². The van der Waals surface area contributed by atoms with Crippen LogP contribution in [0, 0.1) is 0 Å². The molecule has 0 aliphatic carbocycles. The molecule has 190 valence electrons. The SMILES string of the molecule is Cn1cc(-c2cccc(C(=O)N[C@@H](CCCCOCCc3ccc4c(n3)NCCC4)C(=O)O)c2)cn1. The lowest BCUT2D eigenvalue weighted by atomic mass is 10.0. The summed E-state index contributed by atoms with van der Waals surface area (Å²) >= 11 is 0. The Morgan fingerprint density at radius 1 is 1.19 bits per heavy atom. The van der Waals surface area contributed by atoms with Gasteiger partial charge in [0.05, 0.1) is 12.8 Å². The van der Waals surface area contributed by atoms with Gasteiger partial charge in [0, 0.05) is 49.6 Å². The molecule has 1 aliphatic heterocycles. The minimum Gasteiger partial charge on any atom is -0.480 e. The van der Waals surface area contributed by atoms with Crippen LogP contribution in [-0.2, 0) is 29.4 Å². The van der Waals surface area contributed by atoms with E-state index in [4.69, 9.17) is 4.74 Å². The molecular weight excluding hydrogens is 458 g/mol. The molecule has 0 saturated carbocycles. The molecule has 4 rings (SSSR count). The van der Waals surface area contributed by atoms with Crippen LogP contribution in [0.1, 0.15) is 47.3 Å². The first-order valence-electron chi connectivity index (χ1n) is 12.4. The second kappa shape index (κ2) is 12.3. The fourth-order valence-electron chi connectivity index (χ4n) is 4.25. The average molecular weight is 492 g/mol. The molecule has 0 spiro atoms. The maximum atomic E-state index is 12.7. The van der Waals surface area contributed by atoms with Gasteiger partial charge in [0.25, 0.3) is 5.91 Å². The molecule has 36 heavy (non-hydrogen) atoms. The molecular formula is C27H33N5O4. The molecule has 3 aromatic rings. The summed E-state index contributed by atoms with van der Waals surface area (Å²) < 4.78 is 7.42. The van der Waals surface area contributed by atoms with Crippen LogP contribution < -0.4 is 10.6 Å². The number of amides is 1. The summed E-state index contributed by atoms with van der Waals surface area (Å²) in [6.07, 6.45) is 8.22. The van der Waals surface area contributed by atoms with Gasteiger partial charge in [-0.25, -0.2) is 9.78 Å². The van der Waals surface area contributed by atoms with Crippen LogP contribution in [-0.4, -0.2) is 57.5 Å². The number of carbonyl (C=O) groups is 2. The van der Waals surface area contributed by atoms with Gasteiger partial charge < -0.3 is 20.5 Å². The molecule has 1 amide bonds. The Morgan fingerprint density at radius 3 is 2.89 bits per heavy atom. The number of nitrogens with zero attached hydrogens (tertiary/aromatic N) is 3. The number of benzene rings is 1. The number of nitrogens with one attached hydrogen (secondary N) is 2. The van der Waals surface area contributed by atoms with E-state index in [0.717, 1.165) is 54.9 Å². The molecule has 0 radical (unpaired) electrons. The van der Waals surface area contributed by atoms with E-state index in [1.165, 1.54) is 5.56 Å². The summed E-state index contributed by atoms with van der Waals surface area (Å²) in [5.41, 5.74) is 4.43. The Hall–Kier alpha value is -3.72. The molecule has 0 bridgehead atoms. The molecule has 1 aliphatic rings. The smallest absolute Gasteiger partial charge is 0.326 e. The number of aromatic nitrogens is 3. The molecule has 0 saturated heterocycles. The molecule has 3 N–H and O–H groups in total. The highest BCUT2D eigenvalue weighted by molar-refractivity contribution is 5.97. The minimum atomic E-state index is -1.04. The number of carboxylic acid groups (broad SMARTS) is 1. The molecule has 0 unspecified atom stereocenters. The number of aliphatic carboxylic acids is 1. The maximum Gasteiger partial charge on any atom is 0.326 e. The highest BCUT2D eigenvalue weighted by atomic mass is 16.5. The molecule has 2 aromatic heterocycles.